The SMILES string of the molecule is COc1ccc(NC(=O)Nc2ccc3c(c2)oc(=O)n3C)cc1. The third kappa shape index (κ3) is 3.03. The highest BCUT2D eigenvalue weighted by atomic mass is 16.5. The standard InChI is InChI=1S/C16H15N3O4/c1-19-13-8-5-11(9-14(13)23-16(19)21)18-15(20)17-10-3-6-12(22-2)7-4-10/h3-9H,1-2H3,(H2,17,18,20). The topological polar surface area (TPSA) is 85.5 Å². The summed E-state index contributed by atoms with van der Waals surface area (Å²) in [6.07, 6.45) is 0. The van der Waals surface area contributed by atoms with Crippen molar-refractivity contribution in [2.24, 2.45) is 7.05 Å². The molecule has 1 heterocycles. The highest BCUT2D eigenvalue weighted by Crippen LogP contribution is 2.19. The van der Waals surface area contributed by atoms with E-state index in [1.807, 2.05) is 0 Å². The number of anilines is 2. The van der Waals surface area contributed by atoms with E-state index < -0.39 is 11.8 Å². The van der Waals surface area contributed by atoms with E-state index in [2.05, 4.69) is 10.6 Å². The molecule has 0 atom stereocenters. The van der Waals surface area contributed by atoms with Crippen LogP contribution in [0, 0.1) is 0 Å². The number of oxazole rings is 1. The third-order valence-corrected chi connectivity index (χ3v) is 3.40. The molecule has 2 aromatic carbocycles. The van der Waals surface area contributed by atoms with Crippen molar-refractivity contribution in [2.75, 3.05) is 17.7 Å². The maximum absolute atomic E-state index is 12.0. The van der Waals surface area contributed by atoms with Crippen LogP contribution in [0.15, 0.2) is 51.7 Å². The molecule has 7 heteroatoms. The Balaban J connectivity index is 1.73. The van der Waals surface area contributed by atoms with Crippen molar-refractivity contribution in [3.05, 3.63) is 53.0 Å². The van der Waals surface area contributed by atoms with Gasteiger partial charge in [-0.15, -0.1) is 0 Å². The molecule has 0 fully saturated rings. The lowest BCUT2D eigenvalue weighted by Crippen LogP contribution is -2.19. The van der Waals surface area contributed by atoms with E-state index in [1.54, 1.807) is 56.6 Å². The third-order valence-electron chi connectivity index (χ3n) is 3.40. The lowest BCUT2D eigenvalue weighted by Gasteiger charge is -2.08. The van der Waals surface area contributed by atoms with Gasteiger partial charge >= 0.3 is 11.8 Å². The number of rotatable bonds is 3. The minimum absolute atomic E-state index is 0.396. The number of urea groups is 1. The van der Waals surface area contributed by atoms with Crippen molar-refractivity contribution in [1.82, 2.24) is 4.57 Å². The summed E-state index contributed by atoms with van der Waals surface area (Å²) in [5.41, 5.74) is 2.24. The van der Waals surface area contributed by atoms with Gasteiger partial charge in [-0.2, -0.15) is 0 Å². The zero-order valence-electron chi connectivity index (χ0n) is 12.6. The Morgan fingerprint density at radius 1 is 1.09 bits per heavy atom. The number of fused-ring (bicyclic) bond motifs is 1. The Bertz CT molecular complexity index is 909. The molecule has 1 aromatic heterocycles. The van der Waals surface area contributed by atoms with E-state index in [-0.39, 0.29) is 0 Å². The lowest BCUT2D eigenvalue weighted by molar-refractivity contribution is 0.262. The number of carbonyl (C=O) groups is 1. The highest BCUT2D eigenvalue weighted by molar-refractivity contribution is 6.00. The number of benzene rings is 2. The number of hydrogen-bond donors (Lipinski definition) is 2. The van der Waals surface area contributed by atoms with Crippen LogP contribution in [0.3, 0.4) is 0 Å². The Morgan fingerprint density at radius 3 is 2.43 bits per heavy atom. The summed E-state index contributed by atoms with van der Waals surface area (Å²) in [4.78, 5) is 23.4. The highest BCUT2D eigenvalue weighted by Gasteiger charge is 2.08. The van der Waals surface area contributed by atoms with Crippen LogP contribution in [0.4, 0.5) is 16.2 Å². The fourth-order valence-electron chi connectivity index (χ4n) is 2.18. The largest absolute Gasteiger partial charge is 0.497 e. The number of aromatic nitrogens is 1. The Labute approximate surface area is 131 Å². The first-order chi connectivity index (χ1) is 11.1. The monoisotopic (exact) mass is 313 g/mol. The number of carbonyl (C=O) groups excluding carboxylic acids is 1. The quantitative estimate of drug-likeness (QED) is 0.778. The molecule has 23 heavy (non-hydrogen) atoms. The molecule has 7 nitrogen and oxygen atoms in total. The fourth-order valence-corrected chi connectivity index (χ4v) is 2.18. The van der Waals surface area contributed by atoms with Gasteiger partial charge in [-0.1, -0.05) is 0 Å². The molecule has 0 unspecified atom stereocenters. The van der Waals surface area contributed by atoms with Crippen LogP contribution in [0.25, 0.3) is 11.1 Å². The molecular weight excluding hydrogens is 298 g/mol. The van der Waals surface area contributed by atoms with Crippen LogP contribution in [0.5, 0.6) is 5.75 Å². The van der Waals surface area contributed by atoms with Gasteiger partial charge in [-0.3, -0.25) is 4.57 Å². The summed E-state index contributed by atoms with van der Waals surface area (Å²) in [6, 6.07) is 11.6. The van der Waals surface area contributed by atoms with Crippen LogP contribution >= 0.6 is 0 Å². The van der Waals surface area contributed by atoms with Gasteiger partial charge in [0, 0.05) is 24.5 Å². The molecule has 118 valence electrons. The van der Waals surface area contributed by atoms with E-state index >= 15 is 0 Å². The van der Waals surface area contributed by atoms with Crippen LogP contribution in [0.2, 0.25) is 0 Å². The zero-order chi connectivity index (χ0) is 16.4. The first-order valence-electron chi connectivity index (χ1n) is 6.88. The van der Waals surface area contributed by atoms with Crippen molar-refractivity contribution < 1.29 is 13.9 Å². The van der Waals surface area contributed by atoms with Crippen LogP contribution in [-0.4, -0.2) is 17.7 Å². The molecule has 0 aliphatic heterocycles. The smallest absolute Gasteiger partial charge is 0.419 e. The molecule has 0 radical (unpaired) electrons. The number of nitrogens with one attached hydrogen (secondary N) is 2. The number of hydrogen-bond acceptors (Lipinski definition) is 4. The first kappa shape index (κ1) is 14.7. The number of amides is 2. The van der Waals surface area contributed by atoms with Crippen molar-refractivity contribution in [2.45, 2.75) is 0 Å². The minimum Gasteiger partial charge on any atom is -0.497 e. The van der Waals surface area contributed by atoms with Gasteiger partial charge in [0.2, 0.25) is 0 Å². The average Bonchev–Trinajstić information content (AvgIpc) is 2.82. The number of aryl methyl sites for hydroxylation is 1. The van der Waals surface area contributed by atoms with Crippen LogP contribution < -0.4 is 21.1 Å². The molecule has 0 aliphatic carbocycles. The van der Waals surface area contributed by atoms with Crippen molar-refractivity contribution in [3.63, 3.8) is 0 Å². The van der Waals surface area contributed by atoms with Crippen LogP contribution in [0.1, 0.15) is 0 Å². The summed E-state index contributed by atoms with van der Waals surface area (Å²) < 4.78 is 11.5. The number of methoxy groups -OCH3 is 1. The molecule has 0 saturated heterocycles. The van der Waals surface area contributed by atoms with Crippen molar-refractivity contribution in [1.29, 1.82) is 0 Å². The van der Waals surface area contributed by atoms with Crippen molar-refractivity contribution in [3.8, 4) is 5.75 Å². The second-order valence-corrected chi connectivity index (χ2v) is 4.92. The van der Waals surface area contributed by atoms with E-state index in [0.717, 1.165) is 0 Å². The van der Waals surface area contributed by atoms with Gasteiger partial charge in [0.25, 0.3) is 0 Å². The fraction of sp³-hybridized carbons (Fsp3) is 0.125. The molecule has 3 aromatic rings. The Kier molecular flexibility index (Phi) is 3.76. The maximum Gasteiger partial charge on any atom is 0.419 e. The van der Waals surface area contributed by atoms with Gasteiger partial charge < -0.3 is 19.8 Å². The van der Waals surface area contributed by atoms with Gasteiger partial charge in [-0.25, -0.2) is 9.59 Å². The molecule has 0 aliphatic rings. The predicted molar refractivity (Wildman–Crippen MR) is 87.1 cm³/mol. The van der Waals surface area contributed by atoms with Gasteiger partial charge in [0.1, 0.15) is 5.75 Å². The Morgan fingerprint density at radius 2 is 1.74 bits per heavy atom. The van der Waals surface area contributed by atoms with Gasteiger partial charge in [-0.05, 0) is 36.4 Å². The summed E-state index contributed by atoms with van der Waals surface area (Å²) >= 11 is 0. The molecule has 0 saturated carbocycles. The van der Waals surface area contributed by atoms with Crippen LogP contribution in [-0.2, 0) is 7.05 Å². The van der Waals surface area contributed by atoms with Gasteiger partial charge in [0.05, 0.1) is 12.6 Å². The molecule has 2 amide bonds. The van der Waals surface area contributed by atoms with E-state index in [9.17, 15) is 9.59 Å². The van der Waals surface area contributed by atoms with Gasteiger partial charge in [0.15, 0.2) is 5.58 Å². The second kappa shape index (κ2) is 5.88. The Hall–Kier alpha value is -3.22. The lowest BCUT2D eigenvalue weighted by atomic mass is 10.3. The van der Waals surface area contributed by atoms with E-state index in [1.165, 1.54) is 4.57 Å². The molecule has 0 bridgehead atoms. The summed E-state index contributed by atoms with van der Waals surface area (Å²) in [6.45, 7) is 0. The normalized spacial score (nSPS) is 10.5. The summed E-state index contributed by atoms with van der Waals surface area (Å²) in [5.74, 6) is 0.264. The molecule has 2 N–H and O–H groups in total. The average molecular weight is 313 g/mol. The molecular formula is C16H15N3O4. The van der Waals surface area contributed by atoms with E-state index in [4.69, 9.17) is 9.15 Å². The summed E-state index contributed by atoms with van der Waals surface area (Å²) in [7, 11) is 3.20. The zero-order valence-corrected chi connectivity index (χ0v) is 12.6. The number of nitrogens with zero attached hydrogens (tertiary/aromatic N) is 1. The summed E-state index contributed by atoms with van der Waals surface area (Å²) in [5, 5.41) is 5.39. The first-order valence-corrected chi connectivity index (χ1v) is 6.88. The van der Waals surface area contributed by atoms with E-state index in [0.29, 0.717) is 28.2 Å². The number of ether oxygens (including phenoxy) is 1. The molecule has 3 rings (SSSR count). The minimum atomic E-state index is -0.445. The predicted octanol–water partition coefficient (Wildman–Crippen LogP) is 2.78. The second-order valence-electron chi connectivity index (χ2n) is 4.92. The van der Waals surface area contributed by atoms with Crippen molar-refractivity contribution >= 4 is 28.5 Å². The molecule has 0 spiro atoms. The maximum atomic E-state index is 12.0.